The van der Waals surface area contributed by atoms with E-state index in [1.807, 2.05) is 0 Å². The maximum absolute atomic E-state index is 5.53. The Morgan fingerprint density at radius 3 is 2.05 bits per heavy atom. The third-order valence-electron chi connectivity index (χ3n) is 3.94. The Kier molecular flexibility index (Phi) is 9.43. The van der Waals surface area contributed by atoms with Gasteiger partial charge in [0.2, 0.25) is 0 Å². The number of hydrogen-bond donors (Lipinski definition) is 1. The van der Waals surface area contributed by atoms with E-state index in [0.717, 1.165) is 6.54 Å². The van der Waals surface area contributed by atoms with Gasteiger partial charge in [-0.25, -0.2) is 0 Å². The van der Waals surface area contributed by atoms with Gasteiger partial charge in [0, 0.05) is 13.1 Å². The molecule has 0 saturated carbocycles. The van der Waals surface area contributed by atoms with Crippen molar-refractivity contribution >= 4 is 0 Å². The highest BCUT2D eigenvalue weighted by Gasteiger charge is 2.13. The van der Waals surface area contributed by atoms with E-state index < -0.39 is 0 Å². The van der Waals surface area contributed by atoms with E-state index in [9.17, 15) is 0 Å². The third-order valence-corrected chi connectivity index (χ3v) is 3.94. The van der Waals surface area contributed by atoms with Gasteiger partial charge in [-0.05, 0) is 79.0 Å². The Bertz CT molecular complexity index is 208. The average molecular weight is 270 g/mol. The van der Waals surface area contributed by atoms with Gasteiger partial charge in [0.05, 0.1) is 0 Å². The largest absolute Gasteiger partial charge is 0.330 e. The van der Waals surface area contributed by atoms with Crippen LogP contribution in [0.2, 0.25) is 0 Å². The summed E-state index contributed by atoms with van der Waals surface area (Å²) < 4.78 is 0. The molecule has 0 aliphatic carbocycles. The predicted molar refractivity (Wildman–Crippen MR) is 83.6 cm³/mol. The summed E-state index contributed by atoms with van der Waals surface area (Å²) in [5.41, 5.74) is 5.53. The lowest BCUT2D eigenvalue weighted by Crippen LogP contribution is -2.32. The first-order valence-electron chi connectivity index (χ1n) is 8.02. The molecule has 0 spiro atoms. The Balaban J connectivity index is 2.09. The minimum Gasteiger partial charge on any atom is -0.330 e. The van der Waals surface area contributed by atoms with Gasteiger partial charge < -0.3 is 20.4 Å². The first-order chi connectivity index (χ1) is 9.22. The molecule has 0 aromatic carbocycles. The van der Waals surface area contributed by atoms with Crippen molar-refractivity contribution in [3.05, 3.63) is 0 Å². The van der Waals surface area contributed by atoms with Crippen LogP contribution in [0, 0.1) is 0 Å². The van der Waals surface area contributed by atoms with Gasteiger partial charge in [0.15, 0.2) is 0 Å². The molecule has 114 valence electrons. The van der Waals surface area contributed by atoms with E-state index in [4.69, 9.17) is 5.73 Å². The highest BCUT2D eigenvalue weighted by atomic mass is 15.2. The fourth-order valence-electron chi connectivity index (χ4n) is 2.74. The molecule has 2 N–H and O–H groups in total. The van der Waals surface area contributed by atoms with Crippen molar-refractivity contribution in [3.8, 4) is 0 Å². The summed E-state index contributed by atoms with van der Waals surface area (Å²) in [5.74, 6) is 0. The lowest BCUT2D eigenvalue weighted by Gasteiger charge is -2.22. The highest BCUT2D eigenvalue weighted by molar-refractivity contribution is 4.70. The van der Waals surface area contributed by atoms with Crippen LogP contribution in [-0.4, -0.2) is 81.2 Å². The second-order valence-electron chi connectivity index (χ2n) is 6.04. The summed E-state index contributed by atoms with van der Waals surface area (Å²) in [7, 11) is 4.32. The van der Waals surface area contributed by atoms with E-state index in [1.165, 1.54) is 77.9 Å². The first-order valence-corrected chi connectivity index (χ1v) is 8.02. The fraction of sp³-hybridized carbons (Fsp3) is 1.00. The number of unbranched alkanes of at least 4 members (excludes halogenated alkanes) is 2. The first kappa shape index (κ1) is 16.9. The Morgan fingerprint density at radius 2 is 1.47 bits per heavy atom. The normalized spacial score (nSPS) is 18.9. The minimum absolute atomic E-state index is 0.847. The highest BCUT2D eigenvalue weighted by Crippen LogP contribution is 2.06. The summed E-state index contributed by atoms with van der Waals surface area (Å²) in [4.78, 5) is 7.56. The molecule has 0 unspecified atom stereocenters. The molecule has 0 atom stereocenters. The van der Waals surface area contributed by atoms with Gasteiger partial charge >= 0.3 is 0 Å². The van der Waals surface area contributed by atoms with E-state index in [1.54, 1.807) is 0 Å². The molecule has 4 heteroatoms. The van der Waals surface area contributed by atoms with Crippen molar-refractivity contribution in [2.45, 2.75) is 32.1 Å². The quantitative estimate of drug-likeness (QED) is 0.636. The van der Waals surface area contributed by atoms with Gasteiger partial charge in [-0.1, -0.05) is 6.42 Å². The van der Waals surface area contributed by atoms with Gasteiger partial charge in [-0.15, -0.1) is 0 Å². The Morgan fingerprint density at radius 1 is 0.842 bits per heavy atom. The Labute approximate surface area is 119 Å². The molecule has 1 rings (SSSR count). The van der Waals surface area contributed by atoms with Crippen molar-refractivity contribution in [2.24, 2.45) is 5.73 Å². The summed E-state index contributed by atoms with van der Waals surface area (Å²) in [6.07, 6.45) is 6.42. The maximum atomic E-state index is 5.53. The molecule has 0 bridgehead atoms. The van der Waals surface area contributed by atoms with Crippen LogP contribution in [0.25, 0.3) is 0 Å². The molecule has 1 heterocycles. The zero-order valence-electron chi connectivity index (χ0n) is 13.1. The lowest BCUT2D eigenvalue weighted by atomic mass is 10.2. The second kappa shape index (κ2) is 10.6. The molecule has 1 saturated heterocycles. The molecule has 0 radical (unpaired) electrons. The molecule has 0 aromatic rings. The number of nitrogens with two attached hydrogens (primary N) is 1. The monoisotopic (exact) mass is 270 g/mol. The number of nitrogens with zero attached hydrogens (tertiary/aromatic N) is 3. The van der Waals surface area contributed by atoms with E-state index >= 15 is 0 Å². The van der Waals surface area contributed by atoms with E-state index in [0.29, 0.717) is 0 Å². The van der Waals surface area contributed by atoms with Crippen molar-refractivity contribution in [1.82, 2.24) is 14.7 Å². The molecule has 0 amide bonds. The van der Waals surface area contributed by atoms with Crippen LogP contribution in [0.3, 0.4) is 0 Å². The van der Waals surface area contributed by atoms with Gasteiger partial charge in [0.1, 0.15) is 0 Å². The lowest BCUT2D eigenvalue weighted by molar-refractivity contribution is 0.244. The van der Waals surface area contributed by atoms with Crippen LogP contribution in [0.15, 0.2) is 0 Å². The van der Waals surface area contributed by atoms with Gasteiger partial charge in [0.25, 0.3) is 0 Å². The summed E-state index contributed by atoms with van der Waals surface area (Å²) >= 11 is 0. The zero-order chi connectivity index (χ0) is 13.9. The molecule has 19 heavy (non-hydrogen) atoms. The van der Waals surface area contributed by atoms with Crippen LogP contribution in [0.5, 0.6) is 0 Å². The van der Waals surface area contributed by atoms with Crippen LogP contribution >= 0.6 is 0 Å². The molecule has 1 aliphatic rings. The number of hydrogen-bond acceptors (Lipinski definition) is 4. The van der Waals surface area contributed by atoms with Crippen LogP contribution in [0.1, 0.15) is 32.1 Å². The standard InChI is InChI=1S/C15H34N4/c1-17(2)9-6-11-19-13-7-12-18(14-15-19)10-5-3-4-8-16/h3-16H2,1-2H3. The molecular formula is C15H34N4. The van der Waals surface area contributed by atoms with Crippen LogP contribution in [-0.2, 0) is 0 Å². The maximum Gasteiger partial charge on any atom is 0.0109 e. The van der Waals surface area contributed by atoms with Gasteiger partial charge in [-0.3, -0.25) is 0 Å². The number of rotatable bonds is 9. The fourth-order valence-corrected chi connectivity index (χ4v) is 2.74. The van der Waals surface area contributed by atoms with E-state index in [2.05, 4.69) is 28.8 Å². The topological polar surface area (TPSA) is 35.7 Å². The smallest absolute Gasteiger partial charge is 0.0109 e. The molecule has 4 nitrogen and oxygen atoms in total. The van der Waals surface area contributed by atoms with Crippen LogP contribution in [0.4, 0.5) is 0 Å². The third kappa shape index (κ3) is 8.58. The van der Waals surface area contributed by atoms with Crippen molar-refractivity contribution < 1.29 is 0 Å². The summed E-state index contributed by atoms with van der Waals surface area (Å²) in [5, 5.41) is 0. The summed E-state index contributed by atoms with van der Waals surface area (Å²) in [6.45, 7) is 9.66. The second-order valence-corrected chi connectivity index (χ2v) is 6.04. The Hall–Kier alpha value is -0.160. The average Bonchev–Trinajstić information content (AvgIpc) is 2.60. The summed E-state index contributed by atoms with van der Waals surface area (Å²) in [6, 6.07) is 0. The minimum atomic E-state index is 0.847. The molecular weight excluding hydrogens is 236 g/mol. The van der Waals surface area contributed by atoms with Crippen molar-refractivity contribution in [3.63, 3.8) is 0 Å². The molecule has 0 aromatic heterocycles. The van der Waals surface area contributed by atoms with Crippen molar-refractivity contribution in [1.29, 1.82) is 0 Å². The zero-order valence-corrected chi connectivity index (χ0v) is 13.1. The van der Waals surface area contributed by atoms with Gasteiger partial charge in [-0.2, -0.15) is 0 Å². The predicted octanol–water partition coefficient (Wildman–Crippen LogP) is 1.07. The van der Waals surface area contributed by atoms with Crippen LogP contribution < -0.4 is 5.73 Å². The molecule has 1 fully saturated rings. The van der Waals surface area contributed by atoms with E-state index in [-0.39, 0.29) is 0 Å². The molecule has 1 aliphatic heterocycles. The van der Waals surface area contributed by atoms with Crippen molar-refractivity contribution in [2.75, 3.05) is 66.5 Å². The SMILES string of the molecule is CN(C)CCCN1CCCN(CCCCCN)CC1.